The van der Waals surface area contributed by atoms with Crippen LogP contribution in [0, 0.1) is 13.8 Å². The van der Waals surface area contributed by atoms with Crippen LogP contribution in [-0.4, -0.2) is 15.8 Å². The Labute approximate surface area is 98.2 Å². The van der Waals surface area contributed by atoms with Crippen LogP contribution in [0.3, 0.4) is 0 Å². The van der Waals surface area contributed by atoms with Gasteiger partial charge in [0.25, 0.3) is 0 Å². The number of hydrogen-bond donors (Lipinski definition) is 0. The van der Waals surface area contributed by atoms with E-state index in [0.717, 1.165) is 21.1 Å². The third-order valence-electron chi connectivity index (χ3n) is 2.24. The zero-order valence-corrected chi connectivity index (χ0v) is 10.0. The van der Waals surface area contributed by atoms with Crippen molar-refractivity contribution < 1.29 is 4.79 Å². The smallest absolute Gasteiger partial charge is 0.179 e. The van der Waals surface area contributed by atoms with Gasteiger partial charge in [-0.05, 0) is 25.5 Å². The maximum atomic E-state index is 12.0. The second-order valence-corrected chi connectivity index (χ2v) is 4.81. The van der Waals surface area contributed by atoms with Crippen molar-refractivity contribution in [2.75, 3.05) is 0 Å². The van der Waals surface area contributed by atoms with E-state index >= 15 is 0 Å². The van der Waals surface area contributed by atoms with Crippen LogP contribution in [0.25, 0.3) is 0 Å². The Hall–Kier alpha value is -1.55. The van der Waals surface area contributed by atoms with E-state index in [9.17, 15) is 4.79 Å². The molecule has 0 saturated carbocycles. The third kappa shape index (κ3) is 2.33. The van der Waals surface area contributed by atoms with Gasteiger partial charge in [0.15, 0.2) is 5.78 Å². The lowest BCUT2D eigenvalue weighted by atomic mass is 10.1. The summed E-state index contributed by atoms with van der Waals surface area (Å²) in [7, 11) is 0. The first-order valence-electron chi connectivity index (χ1n) is 5.03. The maximum absolute atomic E-state index is 12.0. The lowest BCUT2D eigenvalue weighted by Crippen LogP contribution is -2.03. The van der Waals surface area contributed by atoms with Gasteiger partial charge in [-0.3, -0.25) is 9.78 Å². The van der Waals surface area contributed by atoms with Crippen LogP contribution in [-0.2, 0) is 6.42 Å². The highest BCUT2D eigenvalue weighted by molar-refractivity contribution is 7.13. The highest BCUT2D eigenvalue weighted by atomic mass is 32.1. The van der Waals surface area contributed by atoms with Crippen molar-refractivity contribution in [3.8, 4) is 0 Å². The van der Waals surface area contributed by atoms with Crippen LogP contribution in [0.4, 0.5) is 0 Å². The van der Waals surface area contributed by atoms with Crippen LogP contribution in [0.1, 0.15) is 25.9 Å². The van der Waals surface area contributed by atoms with Crippen molar-refractivity contribution in [1.29, 1.82) is 0 Å². The molecule has 0 saturated heterocycles. The topological polar surface area (TPSA) is 42.9 Å². The van der Waals surface area contributed by atoms with Gasteiger partial charge in [-0.15, -0.1) is 11.3 Å². The minimum Gasteiger partial charge on any atom is -0.293 e. The van der Waals surface area contributed by atoms with E-state index in [-0.39, 0.29) is 5.78 Å². The lowest BCUT2D eigenvalue weighted by molar-refractivity contribution is 0.0996. The number of nitrogens with zero attached hydrogens (tertiary/aromatic N) is 2. The van der Waals surface area contributed by atoms with Gasteiger partial charge < -0.3 is 0 Å². The highest BCUT2D eigenvalue weighted by Gasteiger charge is 2.13. The van der Waals surface area contributed by atoms with Gasteiger partial charge >= 0.3 is 0 Å². The molecule has 3 nitrogen and oxygen atoms in total. The average Bonchev–Trinajstić information content (AvgIpc) is 2.59. The van der Waals surface area contributed by atoms with Gasteiger partial charge in [0, 0.05) is 18.8 Å². The Balaban J connectivity index is 2.18. The number of aryl methyl sites for hydroxylation is 2. The number of rotatable bonds is 3. The molecule has 0 N–H and O–H groups in total. The molecule has 0 atom stereocenters. The van der Waals surface area contributed by atoms with Gasteiger partial charge in [0.1, 0.15) is 0 Å². The van der Waals surface area contributed by atoms with Gasteiger partial charge in [-0.1, -0.05) is 6.07 Å². The Bertz CT molecular complexity index is 505. The van der Waals surface area contributed by atoms with Gasteiger partial charge in [-0.25, -0.2) is 4.98 Å². The number of carbonyl (C=O) groups is 1. The lowest BCUT2D eigenvalue weighted by Gasteiger charge is -1.98. The van der Waals surface area contributed by atoms with E-state index in [0.29, 0.717) is 6.42 Å². The zero-order chi connectivity index (χ0) is 11.5. The van der Waals surface area contributed by atoms with E-state index in [1.807, 2.05) is 26.0 Å². The van der Waals surface area contributed by atoms with Crippen molar-refractivity contribution in [3.63, 3.8) is 0 Å². The second-order valence-electron chi connectivity index (χ2n) is 3.61. The average molecular weight is 232 g/mol. The van der Waals surface area contributed by atoms with E-state index in [1.54, 1.807) is 12.4 Å². The zero-order valence-electron chi connectivity index (χ0n) is 9.23. The predicted octanol–water partition coefficient (Wildman–Crippen LogP) is 2.58. The predicted molar refractivity (Wildman–Crippen MR) is 63.9 cm³/mol. The van der Waals surface area contributed by atoms with Crippen molar-refractivity contribution in [2.45, 2.75) is 20.3 Å². The number of Topliss-reactive ketones (excluding diaryl/α,β-unsaturated/α-hetero) is 1. The maximum Gasteiger partial charge on any atom is 0.179 e. The summed E-state index contributed by atoms with van der Waals surface area (Å²) in [5, 5.41) is 0.937. The van der Waals surface area contributed by atoms with E-state index in [1.165, 1.54) is 11.3 Å². The van der Waals surface area contributed by atoms with Crippen LogP contribution in [0.5, 0.6) is 0 Å². The molecule has 4 heteroatoms. The van der Waals surface area contributed by atoms with E-state index in [2.05, 4.69) is 9.97 Å². The van der Waals surface area contributed by atoms with Crippen molar-refractivity contribution in [2.24, 2.45) is 0 Å². The summed E-state index contributed by atoms with van der Waals surface area (Å²) in [5.41, 5.74) is 1.77. The largest absolute Gasteiger partial charge is 0.293 e. The summed E-state index contributed by atoms with van der Waals surface area (Å²) in [5.74, 6) is 0.121. The quantitative estimate of drug-likeness (QED) is 0.764. The summed E-state index contributed by atoms with van der Waals surface area (Å²) < 4.78 is 0. The van der Waals surface area contributed by atoms with Crippen molar-refractivity contribution >= 4 is 17.1 Å². The first-order valence-corrected chi connectivity index (χ1v) is 5.84. The molecule has 16 heavy (non-hydrogen) atoms. The molecular formula is C12H12N2OS. The summed E-state index contributed by atoms with van der Waals surface area (Å²) in [6, 6.07) is 3.75. The second kappa shape index (κ2) is 4.53. The van der Waals surface area contributed by atoms with Crippen LogP contribution >= 0.6 is 11.3 Å². The molecule has 2 aromatic heterocycles. The van der Waals surface area contributed by atoms with Crippen molar-refractivity contribution in [3.05, 3.63) is 45.7 Å². The van der Waals surface area contributed by atoms with Crippen LogP contribution < -0.4 is 0 Å². The molecular weight excluding hydrogens is 220 g/mol. The van der Waals surface area contributed by atoms with E-state index < -0.39 is 0 Å². The molecule has 2 heterocycles. The van der Waals surface area contributed by atoms with Gasteiger partial charge in [0.2, 0.25) is 0 Å². The van der Waals surface area contributed by atoms with Gasteiger partial charge in [0.05, 0.1) is 15.6 Å². The Morgan fingerprint density at radius 2 is 2.25 bits per heavy atom. The number of carbonyl (C=O) groups excluding carboxylic acids is 1. The van der Waals surface area contributed by atoms with Crippen molar-refractivity contribution in [1.82, 2.24) is 9.97 Å². The molecule has 0 aromatic carbocycles. The first-order chi connectivity index (χ1) is 7.66. The fraction of sp³-hybridized carbons (Fsp3) is 0.250. The van der Waals surface area contributed by atoms with Crippen LogP contribution in [0.2, 0.25) is 0 Å². The molecule has 0 bridgehead atoms. The summed E-state index contributed by atoms with van der Waals surface area (Å²) in [6.45, 7) is 3.79. The molecule has 0 aliphatic heterocycles. The normalized spacial score (nSPS) is 10.4. The number of ketones is 1. The monoisotopic (exact) mass is 232 g/mol. The van der Waals surface area contributed by atoms with Crippen LogP contribution in [0.15, 0.2) is 24.5 Å². The summed E-state index contributed by atoms with van der Waals surface area (Å²) in [6.07, 6.45) is 3.83. The minimum atomic E-state index is 0.121. The molecule has 0 aliphatic rings. The number of thiazole rings is 1. The van der Waals surface area contributed by atoms with Gasteiger partial charge in [-0.2, -0.15) is 0 Å². The Morgan fingerprint density at radius 1 is 1.44 bits per heavy atom. The first kappa shape index (κ1) is 11.0. The molecule has 82 valence electrons. The molecule has 0 spiro atoms. The number of aromatic nitrogens is 2. The summed E-state index contributed by atoms with van der Waals surface area (Å²) >= 11 is 1.46. The summed E-state index contributed by atoms with van der Waals surface area (Å²) in [4.78, 5) is 21.0. The molecule has 0 unspecified atom stereocenters. The molecule has 2 rings (SSSR count). The molecule has 0 fully saturated rings. The Morgan fingerprint density at radius 3 is 2.81 bits per heavy atom. The fourth-order valence-electron chi connectivity index (χ4n) is 1.56. The van der Waals surface area contributed by atoms with E-state index in [4.69, 9.17) is 0 Å². The fourth-order valence-corrected chi connectivity index (χ4v) is 2.42. The SMILES string of the molecule is Cc1nc(C)c(C(=O)Cc2cccnc2)s1. The molecule has 0 radical (unpaired) electrons. The molecule has 0 amide bonds. The standard InChI is InChI=1S/C12H12N2OS/c1-8-12(16-9(2)14-8)11(15)6-10-4-3-5-13-7-10/h3-5,7H,6H2,1-2H3. The number of pyridine rings is 1. The number of hydrogen-bond acceptors (Lipinski definition) is 4. The Kier molecular flexibility index (Phi) is 3.10. The minimum absolute atomic E-state index is 0.121. The highest BCUT2D eigenvalue weighted by Crippen LogP contribution is 2.19. The third-order valence-corrected chi connectivity index (χ3v) is 3.36. The molecule has 0 aliphatic carbocycles. The molecule has 2 aromatic rings.